The van der Waals surface area contributed by atoms with Gasteiger partial charge in [0, 0.05) is 13.1 Å². The monoisotopic (exact) mass is 235 g/mol. The molecule has 3 atom stereocenters. The van der Waals surface area contributed by atoms with Crippen molar-refractivity contribution in [2.45, 2.75) is 25.6 Å². The van der Waals surface area contributed by atoms with Gasteiger partial charge >= 0.3 is 0 Å². The summed E-state index contributed by atoms with van der Waals surface area (Å²) in [5.74, 6) is 0.359. The van der Waals surface area contributed by atoms with E-state index in [-0.39, 0.29) is 6.10 Å². The predicted molar refractivity (Wildman–Crippen MR) is 67.6 cm³/mol. The van der Waals surface area contributed by atoms with Crippen LogP contribution in [0.4, 0.5) is 0 Å². The summed E-state index contributed by atoms with van der Waals surface area (Å²) in [6.07, 6.45) is 0.358. The zero-order valence-corrected chi connectivity index (χ0v) is 10.3. The summed E-state index contributed by atoms with van der Waals surface area (Å²) in [4.78, 5) is 2.23. The lowest BCUT2D eigenvalue weighted by Gasteiger charge is -2.21. The average Bonchev–Trinajstić information content (AvgIpc) is 2.79. The predicted octanol–water partition coefficient (Wildman–Crippen LogP) is 1.42. The second-order valence-electron chi connectivity index (χ2n) is 4.98. The van der Waals surface area contributed by atoms with Gasteiger partial charge < -0.3 is 15.1 Å². The fraction of sp³-hybridized carbons (Fsp3) is 0.571. The summed E-state index contributed by atoms with van der Waals surface area (Å²) in [6.45, 7) is 4.37. The SMILES string of the molecule is CC(O)C1CCN(CC(O)c2ccccc2)C1. The smallest absolute Gasteiger partial charge is 0.0916 e. The highest BCUT2D eigenvalue weighted by molar-refractivity contribution is 5.17. The van der Waals surface area contributed by atoms with Gasteiger partial charge in [0.05, 0.1) is 12.2 Å². The molecule has 1 saturated heterocycles. The largest absolute Gasteiger partial charge is 0.393 e. The lowest BCUT2D eigenvalue weighted by atomic mass is 10.0. The number of hydrogen-bond donors (Lipinski definition) is 2. The molecule has 0 spiro atoms. The Kier molecular flexibility index (Phi) is 4.15. The molecule has 3 nitrogen and oxygen atoms in total. The zero-order valence-electron chi connectivity index (χ0n) is 10.3. The van der Waals surface area contributed by atoms with Gasteiger partial charge in [-0.05, 0) is 31.4 Å². The molecule has 0 saturated carbocycles. The molecule has 0 bridgehead atoms. The Bertz CT molecular complexity index is 339. The summed E-state index contributed by atoms with van der Waals surface area (Å²) in [6, 6.07) is 9.75. The summed E-state index contributed by atoms with van der Waals surface area (Å²) in [7, 11) is 0. The molecule has 2 rings (SSSR count). The molecule has 3 unspecified atom stereocenters. The van der Waals surface area contributed by atoms with Crippen molar-refractivity contribution < 1.29 is 10.2 Å². The second-order valence-corrected chi connectivity index (χ2v) is 4.98. The van der Waals surface area contributed by atoms with E-state index in [4.69, 9.17) is 0 Å². The van der Waals surface area contributed by atoms with Gasteiger partial charge in [-0.2, -0.15) is 0 Å². The molecule has 0 aromatic heterocycles. The van der Waals surface area contributed by atoms with Crippen LogP contribution in [0.2, 0.25) is 0 Å². The van der Waals surface area contributed by atoms with Crippen LogP contribution in [-0.4, -0.2) is 40.9 Å². The third kappa shape index (κ3) is 3.28. The minimum Gasteiger partial charge on any atom is -0.393 e. The maximum absolute atomic E-state index is 10.1. The van der Waals surface area contributed by atoms with E-state index in [1.54, 1.807) is 0 Å². The summed E-state index contributed by atoms with van der Waals surface area (Å²) >= 11 is 0. The Balaban J connectivity index is 1.86. The highest BCUT2D eigenvalue weighted by atomic mass is 16.3. The maximum Gasteiger partial charge on any atom is 0.0916 e. The third-order valence-electron chi connectivity index (χ3n) is 3.61. The van der Waals surface area contributed by atoms with Crippen molar-refractivity contribution in [2.24, 2.45) is 5.92 Å². The molecule has 1 aromatic rings. The van der Waals surface area contributed by atoms with Gasteiger partial charge in [0.25, 0.3) is 0 Å². The molecule has 1 heterocycles. The van der Waals surface area contributed by atoms with Gasteiger partial charge in [0.1, 0.15) is 0 Å². The topological polar surface area (TPSA) is 43.7 Å². The first-order valence-electron chi connectivity index (χ1n) is 6.30. The van der Waals surface area contributed by atoms with Crippen LogP contribution in [0, 0.1) is 5.92 Å². The van der Waals surface area contributed by atoms with Crippen LogP contribution in [-0.2, 0) is 0 Å². The van der Waals surface area contributed by atoms with Gasteiger partial charge in [-0.15, -0.1) is 0 Å². The van der Waals surface area contributed by atoms with Crippen LogP contribution in [0.5, 0.6) is 0 Å². The van der Waals surface area contributed by atoms with E-state index in [0.717, 1.165) is 25.1 Å². The van der Waals surface area contributed by atoms with Gasteiger partial charge in [-0.25, -0.2) is 0 Å². The quantitative estimate of drug-likeness (QED) is 0.829. The zero-order chi connectivity index (χ0) is 12.3. The summed E-state index contributed by atoms with van der Waals surface area (Å²) < 4.78 is 0. The molecular weight excluding hydrogens is 214 g/mol. The summed E-state index contributed by atoms with van der Waals surface area (Å²) in [5.41, 5.74) is 0.966. The van der Waals surface area contributed by atoms with Crippen LogP contribution in [0.3, 0.4) is 0 Å². The molecule has 2 N–H and O–H groups in total. The van der Waals surface area contributed by atoms with E-state index in [9.17, 15) is 10.2 Å². The Labute approximate surface area is 103 Å². The molecular formula is C14H21NO2. The maximum atomic E-state index is 10.1. The fourth-order valence-electron chi connectivity index (χ4n) is 2.45. The van der Waals surface area contributed by atoms with Gasteiger partial charge in [-0.1, -0.05) is 30.3 Å². The molecule has 1 aromatic carbocycles. The Morgan fingerprint density at radius 2 is 2.00 bits per heavy atom. The second kappa shape index (κ2) is 5.63. The highest BCUT2D eigenvalue weighted by Gasteiger charge is 2.27. The van der Waals surface area contributed by atoms with E-state index in [0.29, 0.717) is 12.5 Å². The number of rotatable bonds is 4. The lowest BCUT2D eigenvalue weighted by molar-refractivity contribution is 0.104. The van der Waals surface area contributed by atoms with Crippen molar-refractivity contribution in [3.63, 3.8) is 0 Å². The number of benzene rings is 1. The van der Waals surface area contributed by atoms with Crippen molar-refractivity contribution in [3.05, 3.63) is 35.9 Å². The first-order chi connectivity index (χ1) is 8.16. The van der Waals surface area contributed by atoms with E-state index in [1.807, 2.05) is 37.3 Å². The Hall–Kier alpha value is -0.900. The minimum atomic E-state index is -0.427. The van der Waals surface area contributed by atoms with Crippen molar-refractivity contribution in [3.8, 4) is 0 Å². The van der Waals surface area contributed by atoms with Crippen LogP contribution >= 0.6 is 0 Å². The van der Waals surface area contributed by atoms with Crippen LogP contribution in [0.15, 0.2) is 30.3 Å². The Morgan fingerprint density at radius 3 is 2.59 bits per heavy atom. The van der Waals surface area contributed by atoms with E-state index < -0.39 is 6.10 Å². The first-order valence-corrected chi connectivity index (χ1v) is 6.30. The number of likely N-dealkylation sites (tertiary alicyclic amines) is 1. The van der Waals surface area contributed by atoms with Crippen molar-refractivity contribution in [1.82, 2.24) is 4.90 Å². The number of aliphatic hydroxyl groups excluding tert-OH is 2. The van der Waals surface area contributed by atoms with E-state index >= 15 is 0 Å². The van der Waals surface area contributed by atoms with E-state index in [2.05, 4.69) is 4.90 Å². The molecule has 0 radical (unpaired) electrons. The lowest BCUT2D eigenvalue weighted by Crippen LogP contribution is -2.28. The van der Waals surface area contributed by atoms with Gasteiger partial charge in [0.15, 0.2) is 0 Å². The fourth-order valence-corrected chi connectivity index (χ4v) is 2.45. The number of nitrogens with zero attached hydrogens (tertiary/aromatic N) is 1. The highest BCUT2D eigenvalue weighted by Crippen LogP contribution is 2.22. The molecule has 1 aliphatic heterocycles. The number of hydrogen-bond acceptors (Lipinski definition) is 3. The van der Waals surface area contributed by atoms with Crippen LogP contribution in [0.1, 0.15) is 25.0 Å². The molecule has 17 heavy (non-hydrogen) atoms. The van der Waals surface area contributed by atoms with E-state index in [1.165, 1.54) is 0 Å². The first kappa shape index (κ1) is 12.6. The standard InChI is InChI=1S/C14H21NO2/c1-11(16)13-7-8-15(9-13)10-14(17)12-5-3-2-4-6-12/h2-6,11,13-14,16-17H,7-10H2,1H3. The molecule has 0 aliphatic carbocycles. The normalized spacial score (nSPS) is 24.8. The van der Waals surface area contributed by atoms with Crippen LogP contribution < -0.4 is 0 Å². The number of β-amino-alcohol motifs (C(OH)–C–C–N with tert-alkyl or cyclic N) is 1. The molecule has 1 fully saturated rings. The van der Waals surface area contributed by atoms with Crippen LogP contribution in [0.25, 0.3) is 0 Å². The van der Waals surface area contributed by atoms with Gasteiger partial charge in [0.2, 0.25) is 0 Å². The minimum absolute atomic E-state index is 0.242. The van der Waals surface area contributed by atoms with Crippen molar-refractivity contribution in [2.75, 3.05) is 19.6 Å². The molecule has 0 amide bonds. The third-order valence-corrected chi connectivity index (χ3v) is 3.61. The Morgan fingerprint density at radius 1 is 1.29 bits per heavy atom. The molecule has 3 heteroatoms. The summed E-state index contributed by atoms with van der Waals surface area (Å²) in [5, 5.41) is 19.6. The van der Waals surface area contributed by atoms with Crippen molar-refractivity contribution >= 4 is 0 Å². The molecule has 1 aliphatic rings. The molecule has 94 valence electrons. The van der Waals surface area contributed by atoms with Gasteiger partial charge in [-0.3, -0.25) is 0 Å². The van der Waals surface area contributed by atoms with Crippen molar-refractivity contribution in [1.29, 1.82) is 0 Å². The number of aliphatic hydroxyl groups is 2. The average molecular weight is 235 g/mol.